The molecule has 3 heterocycles. The number of thiophene rings is 1. The Morgan fingerprint density at radius 2 is 1.68 bits per heavy atom. The van der Waals surface area contributed by atoms with E-state index in [4.69, 9.17) is 4.42 Å². The van der Waals surface area contributed by atoms with Gasteiger partial charge in [-0.15, -0.1) is 11.3 Å². The van der Waals surface area contributed by atoms with Crippen molar-refractivity contribution in [3.8, 4) is 0 Å². The van der Waals surface area contributed by atoms with Crippen molar-refractivity contribution < 1.29 is 14.0 Å². The van der Waals surface area contributed by atoms with Crippen molar-refractivity contribution in [1.29, 1.82) is 0 Å². The molecule has 0 atom stereocenters. The Morgan fingerprint density at radius 1 is 0.964 bits per heavy atom. The van der Waals surface area contributed by atoms with E-state index in [1.165, 1.54) is 11.3 Å². The van der Waals surface area contributed by atoms with Gasteiger partial charge in [0.05, 0.1) is 4.88 Å². The van der Waals surface area contributed by atoms with Crippen molar-refractivity contribution in [1.82, 2.24) is 20.8 Å². The van der Waals surface area contributed by atoms with Crippen LogP contribution in [-0.2, 0) is 0 Å². The Hall–Kier alpha value is -3.26. The van der Waals surface area contributed by atoms with Crippen molar-refractivity contribution >= 4 is 44.3 Å². The number of carbonyl (C=O) groups excluding carboxylic acids is 2. The molecule has 8 heteroatoms. The van der Waals surface area contributed by atoms with E-state index in [0.29, 0.717) is 16.3 Å². The lowest BCUT2D eigenvalue weighted by Crippen LogP contribution is -2.41. The van der Waals surface area contributed by atoms with Gasteiger partial charge < -0.3 is 4.42 Å². The summed E-state index contributed by atoms with van der Waals surface area (Å²) in [7, 11) is 0. The predicted molar refractivity (Wildman–Crippen MR) is 108 cm³/mol. The van der Waals surface area contributed by atoms with Crippen LogP contribution in [0.4, 0.5) is 0 Å². The lowest BCUT2D eigenvalue weighted by Gasteiger charge is -2.06. The molecule has 2 amide bonds. The van der Waals surface area contributed by atoms with Gasteiger partial charge in [0.2, 0.25) is 0 Å². The number of para-hydroxylation sites is 1. The third-order valence-corrected chi connectivity index (χ3v) is 5.81. The first-order valence-corrected chi connectivity index (χ1v) is 9.51. The zero-order chi connectivity index (χ0) is 20.0. The zero-order valence-electron chi connectivity index (χ0n) is 15.8. The van der Waals surface area contributed by atoms with Crippen LogP contribution in [0.5, 0.6) is 0 Å². The summed E-state index contributed by atoms with van der Waals surface area (Å²) in [5, 5.41) is 1.74. The van der Waals surface area contributed by atoms with Crippen molar-refractivity contribution in [2.75, 3.05) is 0 Å². The number of nitrogens with zero attached hydrogens (tertiary/aromatic N) is 2. The van der Waals surface area contributed by atoms with Gasteiger partial charge in [-0.3, -0.25) is 20.4 Å². The maximum absolute atomic E-state index is 12.6. The highest BCUT2D eigenvalue weighted by Gasteiger charge is 2.21. The first-order valence-electron chi connectivity index (χ1n) is 8.70. The molecule has 0 radical (unpaired) electrons. The number of furan rings is 1. The SMILES string of the molecule is Cc1nc(C)c2c(C)c(C(=O)NNC(=O)c3oc4ccccc4c3C)sc2n1. The van der Waals surface area contributed by atoms with Crippen LogP contribution < -0.4 is 10.9 Å². The van der Waals surface area contributed by atoms with E-state index in [9.17, 15) is 9.59 Å². The van der Waals surface area contributed by atoms with E-state index < -0.39 is 11.8 Å². The molecule has 3 aromatic heterocycles. The summed E-state index contributed by atoms with van der Waals surface area (Å²) in [6.07, 6.45) is 0. The van der Waals surface area contributed by atoms with E-state index in [1.807, 2.05) is 45.9 Å². The topological polar surface area (TPSA) is 97.1 Å². The summed E-state index contributed by atoms with van der Waals surface area (Å²) in [4.78, 5) is 35.1. The molecule has 4 aromatic rings. The van der Waals surface area contributed by atoms with Gasteiger partial charge in [0, 0.05) is 22.0 Å². The van der Waals surface area contributed by atoms with Crippen molar-refractivity contribution in [2.24, 2.45) is 0 Å². The molecule has 0 unspecified atom stereocenters. The largest absolute Gasteiger partial charge is 0.451 e. The number of benzene rings is 1. The van der Waals surface area contributed by atoms with Crippen LogP contribution in [0.1, 0.15) is 42.9 Å². The summed E-state index contributed by atoms with van der Waals surface area (Å²) in [6, 6.07) is 7.40. The minimum absolute atomic E-state index is 0.173. The maximum atomic E-state index is 12.6. The minimum Gasteiger partial charge on any atom is -0.451 e. The fraction of sp³-hybridized carbons (Fsp3) is 0.200. The van der Waals surface area contributed by atoms with Crippen molar-refractivity contribution in [2.45, 2.75) is 27.7 Å². The quantitative estimate of drug-likeness (QED) is 0.505. The summed E-state index contributed by atoms with van der Waals surface area (Å²) < 4.78 is 5.62. The van der Waals surface area contributed by atoms with Gasteiger partial charge in [0.25, 0.3) is 5.91 Å². The van der Waals surface area contributed by atoms with E-state index in [1.54, 1.807) is 6.07 Å². The fourth-order valence-corrected chi connectivity index (χ4v) is 4.48. The predicted octanol–water partition coefficient (Wildman–Crippen LogP) is 3.75. The van der Waals surface area contributed by atoms with Crippen LogP contribution in [0.2, 0.25) is 0 Å². The average Bonchev–Trinajstić information content (AvgIpc) is 3.17. The number of hydrazine groups is 1. The number of aromatic nitrogens is 2. The monoisotopic (exact) mass is 394 g/mol. The average molecular weight is 394 g/mol. The molecule has 142 valence electrons. The van der Waals surface area contributed by atoms with Gasteiger partial charge in [-0.2, -0.15) is 0 Å². The van der Waals surface area contributed by atoms with Gasteiger partial charge in [-0.25, -0.2) is 9.97 Å². The Balaban J connectivity index is 1.56. The molecule has 0 aliphatic rings. The van der Waals surface area contributed by atoms with Crippen LogP contribution in [0.15, 0.2) is 28.7 Å². The molecule has 4 rings (SSSR count). The number of hydrogen-bond donors (Lipinski definition) is 2. The summed E-state index contributed by atoms with van der Waals surface area (Å²) in [6.45, 7) is 7.37. The highest BCUT2D eigenvalue weighted by molar-refractivity contribution is 7.20. The van der Waals surface area contributed by atoms with Crippen molar-refractivity contribution in [3.63, 3.8) is 0 Å². The number of hydrogen-bond acceptors (Lipinski definition) is 6. The number of amides is 2. The van der Waals surface area contributed by atoms with E-state index in [2.05, 4.69) is 20.8 Å². The Morgan fingerprint density at radius 3 is 2.43 bits per heavy atom. The lowest BCUT2D eigenvalue weighted by molar-refractivity contribution is 0.0833. The standard InChI is InChI=1S/C20H18N4O3S/c1-9-13-7-5-6-8-14(13)27-16(9)18(25)23-24-19(26)17-10(2)15-11(3)21-12(4)22-20(15)28-17/h5-8H,1-4H3,(H,23,25)(H,24,26). The van der Waals surface area contributed by atoms with E-state index in [0.717, 1.165) is 32.4 Å². The van der Waals surface area contributed by atoms with Gasteiger partial charge in [0.1, 0.15) is 16.2 Å². The first-order chi connectivity index (χ1) is 13.4. The second-order valence-corrected chi connectivity index (χ2v) is 7.55. The molecule has 0 aliphatic carbocycles. The molecule has 0 saturated carbocycles. The summed E-state index contributed by atoms with van der Waals surface area (Å²) in [5.41, 5.74) is 7.88. The molecular formula is C20H18N4O3S. The molecule has 28 heavy (non-hydrogen) atoms. The lowest BCUT2D eigenvalue weighted by atomic mass is 10.1. The molecular weight excluding hydrogens is 376 g/mol. The minimum atomic E-state index is -0.507. The van der Waals surface area contributed by atoms with Crippen LogP contribution in [-0.4, -0.2) is 21.8 Å². The number of rotatable bonds is 2. The van der Waals surface area contributed by atoms with Gasteiger partial charge in [-0.1, -0.05) is 18.2 Å². The van der Waals surface area contributed by atoms with E-state index in [-0.39, 0.29) is 5.76 Å². The molecule has 0 saturated heterocycles. The summed E-state index contributed by atoms with van der Waals surface area (Å²) >= 11 is 1.28. The van der Waals surface area contributed by atoms with Crippen LogP contribution in [0.3, 0.4) is 0 Å². The molecule has 7 nitrogen and oxygen atoms in total. The number of nitrogens with one attached hydrogen (secondary N) is 2. The molecule has 0 fully saturated rings. The van der Waals surface area contributed by atoms with Gasteiger partial charge in [-0.05, 0) is 39.3 Å². The second-order valence-electron chi connectivity index (χ2n) is 6.55. The third-order valence-electron chi connectivity index (χ3n) is 4.63. The maximum Gasteiger partial charge on any atom is 0.305 e. The highest BCUT2D eigenvalue weighted by Crippen LogP contribution is 2.31. The number of fused-ring (bicyclic) bond motifs is 2. The molecule has 2 N–H and O–H groups in total. The third kappa shape index (κ3) is 2.91. The van der Waals surface area contributed by atoms with Crippen LogP contribution >= 0.6 is 11.3 Å². The fourth-order valence-electron chi connectivity index (χ4n) is 3.31. The Labute approximate surface area is 164 Å². The molecule has 0 aliphatic heterocycles. The normalized spacial score (nSPS) is 11.1. The Bertz CT molecular complexity index is 1260. The second kappa shape index (κ2) is 6.72. The van der Waals surface area contributed by atoms with Crippen LogP contribution in [0, 0.1) is 27.7 Å². The first kappa shape index (κ1) is 18.1. The van der Waals surface area contributed by atoms with Gasteiger partial charge in [0.15, 0.2) is 5.76 Å². The highest BCUT2D eigenvalue weighted by atomic mass is 32.1. The molecule has 1 aromatic carbocycles. The zero-order valence-corrected chi connectivity index (χ0v) is 16.7. The Kier molecular flexibility index (Phi) is 4.35. The summed E-state index contributed by atoms with van der Waals surface area (Å²) in [5.74, 6) is -0.0777. The van der Waals surface area contributed by atoms with Gasteiger partial charge >= 0.3 is 5.91 Å². The number of aryl methyl sites for hydroxylation is 4. The smallest absolute Gasteiger partial charge is 0.305 e. The van der Waals surface area contributed by atoms with Crippen LogP contribution in [0.25, 0.3) is 21.2 Å². The molecule has 0 spiro atoms. The molecule has 0 bridgehead atoms. The van der Waals surface area contributed by atoms with Crippen molar-refractivity contribution in [3.05, 3.63) is 57.5 Å². The van der Waals surface area contributed by atoms with E-state index >= 15 is 0 Å². The number of carbonyl (C=O) groups is 2.